The molecule has 0 heterocycles. The first-order chi connectivity index (χ1) is 11.3. The summed E-state index contributed by atoms with van der Waals surface area (Å²) in [5.74, 6) is -1.41. The van der Waals surface area contributed by atoms with Gasteiger partial charge in [0.2, 0.25) is 0 Å². The maximum Gasteiger partial charge on any atom is 0.298 e. The highest BCUT2D eigenvalue weighted by Gasteiger charge is 2.23. The monoisotopic (exact) mass is 388 g/mol. The molecule has 2 aromatic rings. The second-order valence-electron chi connectivity index (χ2n) is 5.67. The molecule has 0 aliphatic heterocycles. The van der Waals surface area contributed by atoms with Crippen LogP contribution in [0, 0.1) is 13.8 Å². The molecule has 0 saturated carbocycles. The van der Waals surface area contributed by atoms with Gasteiger partial charge in [-0.15, -0.1) is 0 Å². The molecular formula is C15H16O8S2. The molecule has 2 aromatic carbocycles. The highest BCUT2D eigenvalue weighted by Crippen LogP contribution is 2.34. The maximum atomic E-state index is 11.4. The fraction of sp³-hybridized carbons (Fsp3) is 0.200. The highest BCUT2D eigenvalue weighted by molar-refractivity contribution is 7.86. The summed E-state index contributed by atoms with van der Waals surface area (Å²) in [6.07, 6.45) is -0.230. The molecule has 2 rings (SSSR count). The Morgan fingerprint density at radius 3 is 1.32 bits per heavy atom. The summed E-state index contributed by atoms with van der Waals surface area (Å²) in [5.41, 5.74) is 0.940. The van der Waals surface area contributed by atoms with Gasteiger partial charge in [0.05, 0.1) is 0 Å². The van der Waals surface area contributed by atoms with Crippen molar-refractivity contribution in [2.45, 2.75) is 30.1 Å². The van der Waals surface area contributed by atoms with E-state index in [9.17, 15) is 36.2 Å². The Labute approximate surface area is 144 Å². The number of phenols is 2. The number of phenolic OH excluding ortho intramolecular Hbond substituents is 2. The van der Waals surface area contributed by atoms with Crippen molar-refractivity contribution in [2.24, 2.45) is 0 Å². The van der Waals surface area contributed by atoms with Crippen molar-refractivity contribution in [1.29, 1.82) is 0 Å². The standard InChI is InChI=1S/C15H16O8S2/c1-8-3-10(14(16)12(5-8)24(18,19)20)7-11-4-9(2)6-13(15(11)17)25(21,22)23/h3-6,16-17H,7H2,1-2H3,(H,18,19,20)(H,21,22,23). The van der Waals surface area contributed by atoms with Crippen LogP contribution in [0.5, 0.6) is 11.5 Å². The van der Waals surface area contributed by atoms with Crippen molar-refractivity contribution >= 4 is 20.2 Å². The molecule has 8 nitrogen and oxygen atoms in total. The Hall–Kier alpha value is -2.14. The fourth-order valence-electron chi connectivity index (χ4n) is 2.50. The normalized spacial score (nSPS) is 12.3. The summed E-state index contributed by atoms with van der Waals surface area (Å²) in [7, 11) is -9.34. The summed E-state index contributed by atoms with van der Waals surface area (Å²) in [6, 6.07) is 5.01. The fourth-order valence-corrected chi connectivity index (χ4v) is 3.92. The van der Waals surface area contributed by atoms with Crippen molar-refractivity contribution in [3.63, 3.8) is 0 Å². The third-order valence-corrected chi connectivity index (χ3v) is 5.27. The van der Waals surface area contributed by atoms with Crippen LogP contribution in [0.15, 0.2) is 34.1 Å². The van der Waals surface area contributed by atoms with Crippen molar-refractivity contribution in [3.8, 4) is 11.5 Å². The molecule has 0 spiro atoms. The number of hydrogen-bond acceptors (Lipinski definition) is 6. The zero-order valence-corrected chi connectivity index (χ0v) is 14.9. The molecule has 0 saturated heterocycles. The van der Waals surface area contributed by atoms with Crippen LogP contribution in [0.4, 0.5) is 0 Å². The lowest BCUT2D eigenvalue weighted by Crippen LogP contribution is -2.04. The van der Waals surface area contributed by atoms with Gasteiger partial charge in [-0.05, 0) is 37.1 Å². The maximum absolute atomic E-state index is 11.4. The van der Waals surface area contributed by atoms with Gasteiger partial charge in [0.25, 0.3) is 20.2 Å². The molecule has 4 N–H and O–H groups in total. The second-order valence-corrected chi connectivity index (χ2v) is 8.45. The smallest absolute Gasteiger partial charge is 0.298 e. The van der Waals surface area contributed by atoms with Crippen LogP contribution in [0.1, 0.15) is 22.3 Å². The van der Waals surface area contributed by atoms with Crippen molar-refractivity contribution in [1.82, 2.24) is 0 Å². The molecule has 0 unspecified atom stereocenters. The van der Waals surface area contributed by atoms with Gasteiger partial charge in [-0.1, -0.05) is 12.1 Å². The zero-order chi connectivity index (χ0) is 19.2. The number of rotatable bonds is 4. The topological polar surface area (TPSA) is 149 Å². The largest absolute Gasteiger partial charge is 0.506 e. The molecular weight excluding hydrogens is 372 g/mol. The van der Waals surface area contributed by atoms with Crippen LogP contribution in [-0.2, 0) is 26.7 Å². The van der Waals surface area contributed by atoms with Crippen LogP contribution in [0.3, 0.4) is 0 Å². The van der Waals surface area contributed by atoms with Crippen LogP contribution in [0.2, 0.25) is 0 Å². The van der Waals surface area contributed by atoms with E-state index in [2.05, 4.69) is 0 Å². The quantitative estimate of drug-likeness (QED) is 0.579. The number of aromatic hydroxyl groups is 2. The molecule has 0 aromatic heterocycles. The lowest BCUT2D eigenvalue weighted by molar-refractivity contribution is 0.434. The summed E-state index contributed by atoms with van der Waals surface area (Å²) >= 11 is 0. The van der Waals surface area contributed by atoms with E-state index in [-0.39, 0.29) is 17.5 Å². The minimum Gasteiger partial charge on any atom is -0.506 e. The van der Waals surface area contributed by atoms with Gasteiger partial charge < -0.3 is 10.2 Å². The van der Waals surface area contributed by atoms with E-state index in [1.54, 1.807) is 0 Å². The molecule has 0 amide bonds. The van der Waals surface area contributed by atoms with Gasteiger partial charge >= 0.3 is 0 Å². The van der Waals surface area contributed by atoms with E-state index in [4.69, 9.17) is 0 Å². The first-order valence-corrected chi connectivity index (χ1v) is 9.78. The van der Waals surface area contributed by atoms with E-state index in [0.717, 1.165) is 12.1 Å². The highest BCUT2D eigenvalue weighted by atomic mass is 32.2. The summed E-state index contributed by atoms with van der Waals surface area (Å²) in [6.45, 7) is 3.08. The number of benzene rings is 2. The Balaban J connectivity index is 2.66. The van der Waals surface area contributed by atoms with Gasteiger partial charge in [-0.2, -0.15) is 16.8 Å². The average molecular weight is 388 g/mol. The summed E-state index contributed by atoms with van der Waals surface area (Å²) in [5, 5.41) is 20.2. The van der Waals surface area contributed by atoms with Crippen molar-refractivity contribution in [3.05, 3.63) is 46.5 Å². The van der Waals surface area contributed by atoms with Gasteiger partial charge in [-0.25, -0.2) is 0 Å². The molecule has 0 atom stereocenters. The molecule has 136 valence electrons. The molecule has 0 aliphatic carbocycles. The van der Waals surface area contributed by atoms with Gasteiger partial charge in [0.15, 0.2) is 0 Å². The van der Waals surface area contributed by atoms with Crippen LogP contribution in [-0.4, -0.2) is 36.2 Å². The first kappa shape index (κ1) is 19.2. The Morgan fingerprint density at radius 2 is 1.04 bits per heavy atom. The summed E-state index contributed by atoms with van der Waals surface area (Å²) in [4.78, 5) is -1.38. The van der Waals surface area contributed by atoms with Gasteiger partial charge in [0, 0.05) is 17.5 Å². The van der Waals surface area contributed by atoms with E-state index >= 15 is 0 Å². The Morgan fingerprint density at radius 1 is 0.720 bits per heavy atom. The van der Waals surface area contributed by atoms with Crippen LogP contribution < -0.4 is 0 Å². The molecule has 0 bridgehead atoms. The Bertz CT molecular complexity index is 968. The lowest BCUT2D eigenvalue weighted by atomic mass is 10.00. The van der Waals surface area contributed by atoms with Crippen molar-refractivity contribution in [2.75, 3.05) is 0 Å². The zero-order valence-electron chi connectivity index (χ0n) is 13.3. The SMILES string of the molecule is Cc1cc(Cc2cc(C)cc(S(=O)(=O)O)c2O)c(O)c(S(=O)(=O)O)c1. The molecule has 0 fully saturated rings. The van der Waals surface area contributed by atoms with Gasteiger partial charge in [-0.3, -0.25) is 9.11 Å². The predicted molar refractivity (Wildman–Crippen MR) is 88.1 cm³/mol. The summed E-state index contributed by atoms with van der Waals surface area (Å²) < 4.78 is 63.8. The van der Waals surface area contributed by atoms with E-state index < -0.39 is 41.5 Å². The van der Waals surface area contributed by atoms with Gasteiger partial charge in [0.1, 0.15) is 21.3 Å². The third-order valence-electron chi connectivity index (χ3n) is 3.53. The van der Waals surface area contributed by atoms with Crippen LogP contribution >= 0.6 is 0 Å². The van der Waals surface area contributed by atoms with Crippen molar-refractivity contribution < 1.29 is 36.2 Å². The first-order valence-electron chi connectivity index (χ1n) is 6.90. The Kier molecular flexibility index (Phi) is 4.83. The number of hydrogen-bond donors (Lipinski definition) is 4. The third kappa shape index (κ3) is 4.10. The molecule has 10 heteroatoms. The second kappa shape index (κ2) is 6.30. The molecule has 25 heavy (non-hydrogen) atoms. The number of aryl methyl sites for hydroxylation is 2. The minimum absolute atomic E-state index is 0.0508. The van der Waals surface area contributed by atoms with E-state index in [1.165, 1.54) is 26.0 Å². The minimum atomic E-state index is -4.67. The van der Waals surface area contributed by atoms with E-state index in [1.807, 2.05) is 0 Å². The van der Waals surface area contributed by atoms with Crippen LogP contribution in [0.25, 0.3) is 0 Å². The predicted octanol–water partition coefficient (Wildman–Crippen LogP) is 1.80. The molecule has 0 aliphatic rings. The molecule has 0 radical (unpaired) electrons. The lowest BCUT2D eigenvalue weighted by Gasteiger charge is -2.13. The average Bonchev–Trinajstić information content (AvgIpc) is 2.43. The van der Waals surface area contributed by atoms with E-state index in [0.29, 0.717) is 11.1 Å².